The molecule has 0 aliphatic carbocycles. The first-order valence-corrected chi connectivity index (χ1v) is 7.47. The van der Waals surface area contributed by atoms with Crippen molar-refractivity contribution in [2.45, 2.75) is 33.4 Å². The van der Waals surface area contributed by atoms with Gasteiger partial charge in [-0.2, -0.15) is 10.4 Å². The Morgan fingerprint density at radius 1 is 1.40 bits per heavy atom. The number of benzene rings is 1. The minimum absolute atomic E-state index is 0.0714. The molecule has 1 amide bonds. The second kappa shape index (κ2) is 7.21. The van der Waals surface area contributed by atoms with Gasteiger partial charge in [0, 0.05) is 11.6 Å². The first-order valence-electron chi connectivity index (χ1n) is 7.47. The van der Waals surface area contributed by atoms with Gasteiger partial charge in [0.2, 0.25) is 5.91 Å². The number of hydrogen-bond acceptors (Lipinski definition) is 4. The molecule has 1 aromatic heterocycles. The number of nitriles is 1. The van der Waals surface area contributed by atoms with Crippen LogP contribution in [0.1, 0.15) is 35.3 Å². The van der Waals surface area contributed by atoms with Crippen LogP contribution in [-0.4, -0.2) is 15.7 Å². The minimum Gasteiger partial charge on any atom is -0.348 e. The molecular formula is C17H16F2N4O2. The molecule has 0 bridgehead atoms. The van der Waals surface area contributed by atoms with Crippen molar-refractivity contribution in [3.63, 3.8) is 0 Å². The summed E-state index contributed by atoms with van der Waals surface area (Å²) in [4.78, 5) is 24.3. The summed E-state index contributed by atoms with van der Waals surface area (Å²) in [5.74, 6) is -2.08. The van der Waals surface area contributed by atoms with Gasteiger partial charge in [-0.15, -0.1) is 0 Å². The van der Waals surface area contributed by atoms with E-state index in [0.29, 0.717) is 11.3 Å². The fraction of sp³-hybridized carbons (Fsp3) is 0.294. The molecule has 2 aromatic rings. The van der Waals surface area contributed by atoms with E-state index in [0.717, 1.165) is 16.8 Å². The molecule has 25 heavy (non-hydrogen) atoms. The number of nitrogens with zero attached hydrogens (tertiary/aromatic N) is 3. The van der Waals surface area contributed by atoms with E-state index in [1.807, 2.05) is 6.07 Å². The van der Waals surface area contributed by atoms with Crippen molar-refractivity contribution in [2.24, 2.45) is 0 Å². The van der Waals surface area contributed by atoms with Crippen molar-refractivity contribution >= 4 is 5.91 Å². The second-order valence-corrected chi connectivity index (χ2v) is 5.62. The number of carbonyl (C=O) groups is 1. The van der Waals surface area contributed by atoms with Crippen LogP contribution in [0.3, 0.4) is 0 Å². The summed E-state index contributed by atoms with van der Waals surface area (Å²) in [6.45, 7) is 4.35. The number of carbonyl (C=O) groups excluding carboxylic acids is 1. The summed E-state index contributed by atoms with van der Waals surface area (Å²) in [6.07, 6.45) is 0. The molecule has 0 radical (unpaired) electrons. The van der Waals surface area contributed by atoms with Crippen molar-refractivity contribution in [1.82, 2.24) is 15.1 Å². The minimum atomic E-state index is -0.777. The van der Waals surface area contributed by atoms with Gasteiger partial charge < -0.3 is 5.32 Å². The standard InChI is InChI=1S/C17H16F2N4O2/c1-9-10(2)22-23(17(25)14(9)7-20)8-16(24)21-11(3)13-5-4-12(18)6-15(13)19/h4-6,11H,8H2,1-3H3,(H,21,24)/t11-/m0/s1. The van der Waals surface area contributed by atoms with Gasteiger partial charge in [-0.3, -0.25) is 9.59 Å². The third-order valence-corrected chi connectivity index (χ3v) is 3.85. The summed E-state index contributed by atoms with van der Waals surface area (Å²) in [6, 6.07) is 4.14. The van der Waals surface area contributed by atoms with Crippen LogP contribution in [0.25, 0.3) is 0 Å². The van der Waals surface area contributed by atoms with Crippen LogP contribution >= 0.6 is 0 Å². The average Bonchev–Trinajstić information content (AvgIpc) is 2.53. The normalized spacial score (nSPS) is 11.7. The maximum Gasteiger partial charge on any atom is 0.285 e. The van der Waals surface area contributed by atoms with Crippen LogP contribution in [0.15, 0.2) is 23.0 Å². The van der Waals surface area contributed by atoms with Gasteiger partial charge in [-0.25, -0.2) is 13.5 Å². The van der Waals surface area contributed by atoms with E-state index >= 15 is 0 Å². The number of amides is 1. The van der Waals surface area contributed by atoms with E-state index in [4.69, 9.17) is 5.26 Å². The van der Waals surface area contributed by atoms with E-state index in [9.17, 15) is 18.4 Å². The van der Waals surface area contributed by atoms with Crippen LogP contribution in [0.4, 0.5) is 8.78 Å². The summed E-state index contributed by atoms with van der Waals surface area (Å²) in [5.41, 5.74) is 0.305. The molecule has 0 spiro atoms. The van der Waals surface area contributed by atoms with Gasteiger partial charge in [0.25, 0.3) is 5.56 Å². The first-order chi connectivity index (χ1) is 11.7. The molecule has 0 aliphatic rings. The van der Waals surface area contributed by atoms with E-state index < -0.39 is 35.7 Å². The maximum atomic E-state index is 13.7. The molecule has 1 aromatic carbocycles. The Balaban J connectivity index is 2.20. The molecule has 130 valence electrons. The molecule has 8 heteroatoms. The molecule has 1 heterocycles. The zero-order valence-electron chi connectivity index (χ0n) is 13.9. The monoisotopic (exact) mass is 346 g/mol. The Bertz CT molecular complexity index is 931. The molecule has 0 unspecified atom stereocenters. The average molecular weight is 346 g/mol. The van der Waals surface area contributed by atoms with Crippen molar-refractivity contribution in [3.05, 3.63) is 62.6 Å². The van der Waals surface area contributed by atoms with E-state index in [2.05, 4.69) is 10.4 Å². The SMILES string of the molecule is Cc1nn(CC(=O)N[C@@H](C)c2ccc(F)cc2F)c(=O)c(C#N)c1C. The molecule has 2 rings (SSSR count). The van der Waals surface area contributed by atoms with Crippen molar-refractivity contribution in [2.75, 3.05) is 0 Å². The number of aryl methyl sites for hydroxylation is 1. The lowest BCUT2D eigenvalue weighted by molar-refractivity contribution is -0.122. The summed E-state index contributed by atoms with van der Waals surface area (Å²) in [7, 11) is 0. The highest BCUT2D eigenvalue weighted by molar-refractivity contribution is 5.76. The van der Waals surface area contributed by atoms with Gasteiger partial charge in [0.15, 0.2) is 0 Å². The predicted octanol–water partition coefficient (Wildman–Crippen LogP) is 1.89. The van der Waals surface area contributed by atoms with Gasteiger partial charge >= 0.3 is 0 Å². The molecule has 0 aliphatic heterocycles. The lowest BCUT2D eigenvalue weighted by Crippen LogP contribution is -2.36. The van der Waals surface area contributed by atoms with E-state index in [1.54, 1.807) is 13.8 Å². The molecule has 0 saturated heterocycles. The fourth-order valence-electron chi connectivity index (χ4n) is 2.36. The Morgan fingerprint density at radius 3 is 2.68 bits per heavy atom. The lowest BCUT2D eigenvalue weighted by Gasteiger charge is -2.16. The zero-order valence-corrected chi connectivity index (χ0v) is 13.9. The summed E-state index contributed by atoms with van der Waals surface area (Å²) < 4.78 is 27.6. The molecule has 1 atom stereocenters. The molecule has 0 saturated carbocycles. The van der Waals surface area contributed by atoms with E-state index in [1.165, 1.54) is 13.0 Å². The highest BCUT2D eigenvalue weighted by Gasteiger charge is 2.17. The van der Waals surface area contributed by atoms with E-state index in [-0.39, 0.29) is 11.1 Å². The number of hydrogen-bond donors (Lipinski definition) is 1. The number of halogens is 2. The van der Waals surface area contributed by atoms with Crippen molar-refractivity contribution in [1.29, 1.82) is 5.26 Å². The van der Waals surface area contributed by atoms with Gasteiger partial charge in [-0.1, -0.05) is 6.07 Å². The highest BCUT2D eigenvalue weighted by Crippen LogP contribution is 2.17. The number of rotatable bonds is 4. The largest absolute Gasteiger partial charge is 0.348 e. The first kappa shape index (κ1) is 18.3. The molecule has 1 N–H and O–H groups in total. The topological polar surface area (TPSA) is 87.8 Å². The quantitative estimate of drug-likeness (QED) is 0.916. The van der Waals surface area contributed by atoms with Gasteiger partial charge in [0.05, 0.1) is 11.7 Å². The summed E-state index contributed by atoms with van der Waals surface area (Å²) >= 11 is 0. The predicted molar refractivity (Wildman–Crippen MR) is 85.6 cm³/mol. The van der Waals surface area contributed by atoms with Crippen LogP contribution in [0, 0.1) is 36.8 Å². The molecule has 6 nitrogen and oxygen atoms in total. The molecule has 0 fully saturated rings. The third kappa shape index (κ3) is 3.88. The Morgan fingerprint density at radius 2 is 2.08 bits per heavy atom. The lowest BCUT2D eigenvalue weighted by atomic mass is 10.1. The number of nitrogens with one attached hydrogen (secondary N) is 1. The third-order valence-electron chi connectivity index (χ3n) is 3.85. The van der Waals surface area contributed by atoms with Crippen LogP contribution in [0.2, 0.25) is 0 Å². The van der Waals surface area contributed by atoms with Crippen LogP contribution in [-0.2, 0) is 11.3 Å². The smallest absolute Gasteiger partial charge is 0.285 e. The fourth-order valence-corrected chi connectivity index (χ4v) is 2.36. The molecular weight excluding hydrogens is 330 g/mol. The van der Waals surface area contributed by atoms with Crippen LogP contribution < -0.4 is 10.9 Å². The van der Waals surface area contributed by atoms with Crippen molar-refractivity contribution < 1.29 is 13.6 Å². The van der Waals surface area contributed by atoms with Crippen molar-refractivity contribution in [3.8, 4) is 6.07 Å². The Labute approximate surface area is 142 Å². The second-order valence-electron chi connectivity index (χ2n) is 5.62. The van der Waals surface area contributed by atoms with Gasteiger partial charge in [-0.05, 0) is 32.4 Å². The zero-order chi connectivity index (χ0) is 18.7. The Kier molecular flexibility index (Phi) is 5.27. The maximum absolute atomic E-state index is 13.7. The number of aromatic nitrogens is 2. The highest BCUT2D eigenvalue weighted by atomic mass is 19.1. The Hall–Kier alpha value is -3.08. The summed E-state index contributed by atoms with van der Waals surface area (Å²) in [5, 5.41) is 15.6. The van der Waals surface area contributed by atoms with Gasteiger partial charge in [0.1, 0.15) is 29.8 Å². The van der Waals surface area contributed by atoms with Crippen LogP contribution in [0.5, 0.6) is 0 Å².